The molecule has 6 heteroatoms. The van der Waals surface area contributed by atoms with Gasteiger partial charge in [-0.3, -0.25) is 0 Å². The minimum absolute atomic E-state index is 0.313. The molecule has 0 N–H and O–H groups in total. The van der Waals surface area contributed by atoms with Crippen LogP contribution in [0.1, 0.15) is 99.8 Å². The lowest BCUT2D eigenvalue weighted by molar-refractivity contribution is 0.0419. The van der Waals surface area contributed by atoms with E-state index in [1.165, 1.54) is 0 Å². The molecule has 36 heavy (non-hydrogen) atoms. The van der Waals surface area contributed by atoms with E-state index in [-0.39, 0.29) is 11.9 Å². The number of nitrogens with zero attached hydrogens (tertiary/aromatic N) is 2. The lowest BCUT2D eigenvalue weighted by Crippen LogP contribution is -2.14. The van der Waals surface area contributed by atoms with E-state index in [1.807, 2.05) is 0 Å². The number of benzene rings is 2. The van der Waals surface area contributed by atoms with Gasteiger partial charge in [-0.25, -0.2) is 9.59 Å². The smallest absolute Gasteiger partial charge is 0.338 e. The summed E-state index contributed by atoms with van der Waals surface area (Å²) in [6.45, 7) is 9.51. The van der Waals surface area contributed by atoms with E-state index < -0.39 is 0 Å². The molecule has 196 valence electrons. The van der Waals surface area contributed by atoms with Crippen LogP contribution in [0.2, 0.25) is 0 Å². The lowest BCUT2D eigenvalue weighted by atomic mass is 10.0. The van der Waals surface area contributed by atoms with Crippen LogP contribution in [-0.2, 0) is 9.47 Å². The Labute approximate surface area is 216 Å². The molecular formula is C30H42N2O4. The monoisotopic (exact) mass is 494 g/mol. The highest BCUT2D eigenvalue weighted by atomic mass is 16.5. The van der Waals surface area contributed by atoms with E-state index in [1.54, 1.807) is 48.5 Å². The van der Waals surface area contributed by atoms with Crippen LogP contribution in [0.5, 0.6) is 0 Å². The van der Waals surface area contributed by atoms with Crippen LogP contribution >= 0.6 is 0 Å². The number of unbranched alkanes of at least 4 members (excludes halogenated alkanes) is 2. The Morgan fingerprint density at radius 2 is 1.00 bits per heavy atom. The first-order chi connectivity index (χ1) is 17.5. The first kappa shape index (κ1) is 29.2. The predicted octanol–water partition coefficient (Wildman–Crippen LogP) is 8.85. The standard InChI is InChI=1S/C30H42N2O4/c1-5-9-11-23(7-3)21-35-29(33)25-13-17-27(18-14-25)31-32-28-19-15-26(16-20-28)30(34)36-22-24(8-4)12-10-6-2/h13-20,23-24H,5-12,21-22H2,1-4H3. The van der Waals surface area contributed by atoms with Gasteiger partial charge < -0.3 is 9.47 Å². The zero-order valence-electron chi connectivity index (χ0n) is 22.4. The molecule has 0 saturated heterocycles. The molecular weight excluding hydrogens is 452 g/mol. The molecule has 0 amide bonds. The van der Waals surface area contributed by atoms with Crippen LogP contribution in [-0.4, -0.2) is 25.2 Å². The summed E-state index contributed by atoms with van der Waals surface area (Å²) in [5.41, 5.74) is 2.26. The largest absolute Gasteiger partial charge is 0.462 e. The number of ether oxygens (including phenoxy) is 2. The van der Waals surface area contributed by atoms with Gasteiger partial charge in [0.2, 0.25) is 0 Å². The molecule has 0 heterocycles. The second kappa shape index (κ2) is 16.6. The van der Waals surface area contributed by atoms with Gasteiger partial charge in [0.15, 0.2) is 0 Å². The Hall–Kier alpha value is -3.02. The van der Waals surface area contributed by atoms with Crippen molar-refractivity contribution in [3.05, 3.63) is 59.7 Å². The summed E-state index contributed by atoms with van der Waals surface area (Å²) >= 11 is 0. The molecule has 0 bridgehead atoms. The number of hydrogen-bond donors (Lipinski definition) is 0. The fourth-order valence-corrected chi connectivity index (χ4v) is 3.79. The van der Waals surface area contributed by atoms with Crippen molar-refractivity contribution in [1.29, 1.82) is 0 Å². The fraction of sp³-hybridized carbons (Fsp3) is 0.533. The van der Waals surface area contributed by atoms with Crippen molar-refractivity contribution in [1.82, 2.24) is 0 Å². The number of esters is 2. The molecule has 0 aliphatic heterocycles. The number of azo groups is 1. The van der Waals surface area contributed by atoms with E-state index >= 15 is 0 Å². The molecule has 2 rings (SSSR count). The highest BCUT2D eigenvalue weighted by molar-refractivity contribution is 5.90. The molecule has 0 aliphatic carbocycles. The highest BCUT2D eigenvalue weighted by Crippen LogP contribution is 2.21. The predicted molar refractivity (Wildman–Crippen MR) is 144 cm³/mol. The van der Waals surface area contributed by atoms with Crippen molar-refractivity contribution in [3.63, 3.8) is 0 Å². The Morgan fingerprint density at radius 1 is 0.639 bits per heavy atom. The molecule has 2 unspecified atom stereocenters. The summed E-state index contributed by atoms with van der Waals surface area (Å²) in [6, 6.07) is 13.8. The normalized spacial score (nSPS) is 12.9. The summed E-state index contributed by atoms with van der Waals surface area (Å²) in [7, 11) is 0. The second-order valence-electron chi connectivity index (χ2n) is 9.32. The maximum atomic E-state index is 12.3. The molecule has 6 nitrogen and oxygen atoms in total. The zero-order chi connectivity index (χ0) is 26.2. The van der Waals surface area contributed by atoms with Gasteiger partial charge in [-0.2, -0.15) is 10.2 Å². The quantitative estimate of drug-likeness (QED) is 0.172. The molecule has 2 aromatic rings. The number of carbonyl (C=O) groups is 2. The first-order valence-electron chi connectivity index (χ1n) is 13.5. The van der Waals surface area contributed by atoms with Gasteiger partial charge in [0.1, 0.15) is 0 Å². The van der Waals surface area contributed by atoms with Crippen molar-refractivity contribution >= 4 is 23.3 Å². The van der Waals surface area contributed by atoms with E-state index in [4.69, 9.17) is 9.47 Å². The third-order valence-electron chi connectivity index (χ3n) is 6.47. The Kier molecular flexibility index (Phi) is 13.5. The maximum absolute atomic E-state index is 12.3. The molecule has 2 atom stereocenters. The van der Waals surface area contributed by atoms with E-state index in [0.29, 0.717) is 47.6 Å². The van der Waals surface area contributed by atoms with Gasteiger partial charge in [0, 0.05) is 0 Å². The molecule has 0 aliphatic rings. The molecule has 0 radical (unpaired) electrons. The van der Waals surface area contributed by atoms with Crippen molar-refractivity contribution in [2.45, 2.75) is 79.1 Å². The molecule has 0 spiro atoms. The van der Waals surface area contributed by atoms with Crippen LogP contribution in [0.3, 0.4) is 0 Å². The molecule has 0 saturated carbocycles. The van der Waals surface area contributed by atoms with Crippen LogP contribution < -0.4 is 0 Å². The molecule has 0 aromatic heterocycles. The van der Waals surface area contributed by atoms with Crippen molar-refractivity contribution in [2.24, 2.45) is 22.1 Å². The van der Waals surface area contributed by atoms with Gasteiger partial charge >= 0.3 is 11.9 Å². The molecule has 0 fully saturated rings. The first-order valence-corrected chi connectivity index (χ1v) is 13.5. The summed E-state index contributed by atoms with van der Waals surface area (Å²) < 4.78 is 11.0. The maximum Gasteiger partial charge on any atom is 0.338 e. The summed E-state index contributed by atoms with van der Waals surface area (Å²) in [5, 5.41) is 8.46. The number of hydrogen-bond acceptors (Lipinski definition) is 6. The van der Waals surface area contributed by atoms with E-state index in [9.17, 15) is 9.59 Å². The topological polar surface area (TPSA) is 77.3 Å². The second-order valence-corrected chi connectivity index (χ2v) is 9.32. The van der Waals surface area contributed by atoms with Gasteiger partial charge in [0.25, 0.3) is 0 Å². The SMILES string of the molecule is CCCCC(CC)COC(=O)c1ccc(N=Nc2ccc(C(=O)OCC(CC)CCCC)cc2)cc1. The highest BCUT2D eigenvalue weighted by Gasteiger charge is 2.13. The van der Waals surface area contributed by atoms with Gasteiger partial charge in [-0.1, -0.05) is 66.2 Å². The van der Waals surface area contributed by atoms with Crippen LogP contribution in [0.15, 0.2) is 58.8 Å². The Bertz CT molecular complexity index is 861. The summed E-state index contributed by atoms with van der Waals surface area (Å²) in [6.07, 6.45) is 8.79. The van der Waals surface area contributed by atoms with E-state index in [2.05, 4.69) is 37.9 Å². The minimum atomic E-state index is -0.313. The average molecular weight is 495 g/mol. The summed E-state index contributed by atoms with van der Waals surface area (Å²) in [4.78, 5) is 24.7. The molecule has 2 aromatic carbocycles. The summed E-state index contributed by atoms with van der Waals surface area (Å²) in [5.74, 6) is 0.196. The number of rotatable bonds is 16. The third-order valence-corrected chi connectivity index (χ3v) is 6.47. The average Bonchev–Trinajstić information content (AvgIpc) is 2.92. The van der Waals surface area contributed by atoms with Crippen LogP contribution in [0.25, 0.3) is 0 Å². The van der Waals surface area contributed by atoms with Crippen LogP contribution in [0, 0.1) is 11.8 Å². The van der Waals surface area contributed by atoms with Crippen molar-refractivity contribution < 1.29 is 19.1 Å². The minimum Gasteiger partial charge on any atom is -0.462 e. The Morgan fingerprint density at radius 3 is 1.31 bits per heavy atom. The van der Waals surface area contributed by atoms with Gasteiger partial charge in [-0.05, 0) is 73.2 Å². The number of carbonyl (C=O) groups excluding carboxylic acids is 2. The Balaban J connectivity index is 1.85. The lowest BCUT2D eigenvalue weighted by Gasteiger charge is -2.14. The van der Waals surface area contributed by atoms with Crippen molar-refractivity contribution in [2.75, 3.05) is 13.2 Å². The van der Waals surface area contributed by atoms with E-state index in [0.717, 1.165) is 51.4 Å². The van der Waals surface area contributed by atoms with Crippen LogP contribution in [0.4, 0.5) is 11.4 Å². The van der Waals surface area contributed by atoms with Gasteiger partial charge in [-0.15, -0.1) is 0 Å². The third kappa shape index (κ3) is 10.3. The zero-order valence-corrected chi connectivity index (χ0v) is 22.4. The fourth-order valence-electron chi connectivity index (χ4n) is 3.79. The van der Waals surface area contributed by atoms with Crippen molar-refractivity contribution in [3.8, 4) is 0 Å². The van der Waals surface area contributed by atoms with Gasteiger partial charge in [0.05, 0.1) is 35.7 Å².